The largest absolute Gasteiger partial charge is 0.383 e. The fourth-order valence-electron chi connectivity index (χ4n) is 3.39. The zero-order chi connectivity index (χ0) is 13.7. The van der Waals surface area contributed by atoms with Gasteiger partial charge >= 0.3 is 0 Å². The third-order valence-electron chi connectivity index (χ3n) is 4.56. The van der Waals surface area contributed by atoms with Crippen LogP contribution in [-0.4, -0.2) is 10.9 Å². The van der Waals surface area contributed by atoms with Crippen LogP contribution in [0.5, 0.6) is 0 Å². The Morgan fingerprint density at radius 2 is 1.89 bits per heavy atom. The molecule has 0 spiro atoms. The zero-order valence-corrected chi connectivity index (χ0v) is 11.8. The molecule has 1 aromatic carbocycles. The number of Topliss-reactive ketones (excluding diaryl/α,β-unsaturated/α-hetero) is 1. The van der Waals surface area contributed by atoms with Crippen molar-refractivity contribution >= 4 is 5.78 Å². The van der Waals surface area contributed by atoms with E-state index in [-0.39, 0.29) is 17.6 Å². The lowest BCUT2D eigenvalue weighted by Gasteiger charge is -2.54. The molecule has 1 aromatic rings. The molecule has 0 aliphatic heterocycles. The highest BCUT2D eigenvalue weighted by Gasteiger charge is 2.60. The molecule has 0 saturated heterocycles. The lowest BCUT2D eigenvalue weighted by molar-refractivity contribution is -0.159. The van der Waals surface area contributed by atoms with Crippen LogP contribution in [0.1, 0.15) is 51.7 Å². The minimum absolute atomic E-state index is 0.00593. The molecule has 2 atom stereocenters. The smallest absolute Gasteiger partial charge is 0.144 e. The Labute approximate surface area is 109 Å². The molecule has 18 heavy (non-hydrogen) atoms. The van der Waals surface area contributed by atoms with Gasteiger partial charge in [-0.15, -0.1) is 0 Å². The van der Waals surface area contributed by atoms with E-state index in [9.17, 15) is 9.90 Å². The Morgan fingerprint density at radius 1 is 1.33 bits per heavy atom. The van der Waals surface area contributed by atoms with Crippen molar-refractivity contribution in [3.63, 3.8) is 0 Å². The van der Waals surface area contributed by atoms with E-state index in [1.54, 1.807) is 0 Å². The number of ketones is 1. The van der Waals surface area contributed by atoms with Crippen molar-refractivity contribution < 1.29 is 9.90 Å². The van der Waals surface area contributed by atoms with Gasteiger partial charge in [-0.1, -0.05) is 45.0 Å². The second-order valence-corrected chi connectivity index (χ2v) is 6.22. The van der Waals surface area contributed by atoms with Gasteiger partial charge < -0.3 is 5.11 Å². The van der Waals surface area contributed by atoms with Crippen LogP contribution < -0.4 is 0 Å². The van der Waals surface area contributed by atoms with E-state index >= 15 is 0 Å². The molecule has 1 aliphatic carbocycles. The molecule has 2 rings (SSSR count). The molecule has 2 unspecified atom stereocenters. The number of benzene rings is 1. The van der Waals surface area contributed by atoms with E-state index in [1.807, 2.05) is 58.9 Å². The number of carbonyl (C=O) groups is 1. The fraction of sp³-hybridized carbons (Fsp3) is 0.562. The summed E-state index contributed by atoms with van der Waals surface area (Å²) in [7, 11) is 0. The molecule has 2 heteroatoms. The Morgan fingerprint density at radius 3 is 2.44 bits per heavy atom. The summed E-state index contributed by atoms with van der Waals surface area (Å²) in [5.41, 5.74) is 0.279. The average Bonchev–Trinajstić information content (AvgIpc) is 2.35. The van der Waals surface area contributed by atoms with Gasteiger partial charge in [0.2, 0.25) is 0 Å². The van der Waals surface area contributed by atoms with Crippen molar-refractivity contribution in [2.24, 2.45) is 11.3 Å². The number of carbonyl (C=O) groups excluding carboxylic acids is 1. The van der Waals surface area contributed by atoms with E-state index in [1.165, 1.54) is 0 Å². The van der Waals surface area contributed by atoms with Crippen LogP contribution in [0.2, 0.25) is 0 Å². The van der Waals surface area contributed by atoms with Crippen LogP contribution in [0, 0.1) is 11.3 Å². The number of aliphatic hydroxyl groups is 1. The van der Waals surface area contributed by atoms with Gasteiger partial charge in [0.05, 0.1) is 5.41 Å². The first kappa shape index (κ1) is 13.3. The topological polar surface area (TPSA) is 37.3 Å². The number of hydrogen-bond donors (Lipinski definition) is 1. The summed E-state index contributed by atoms with van der Waals surface area (Å²) in [5.74, 6) is 0.0572. The molecule has 2 nitrogen and oxygen atoms in total. The maximum atomic E-state index is 12.4. The molecule has 1 aliphatic rings. The summed E-state index contributed by atoms with van der Waals surface area (Å²) in [6.45, 7) is 9.51. The van der Waals surface area contributed by atoms with Gasteiger partial charge in [-0.2, -0.15) is 0 Å². The number of rotatable bonds is 3. The van der Waals surface area contributed by atoms with Crippen molar-refractivity contribution in [1.29, 1.82) is 0 Å². The maximum Gasteiger partial charge on any atom is 0.144 e. The highest BCUT2D eigenvalue weighted by atomic mass is 16.3. The first-order chi connectivity index (χ1) is 8.24. The summed E-state index contributed by atoms with van der Waals surface area (Å²) in [5, 5.41) is 11.1. The third kappa shape index (κ3) is 1.42. The normalized spacial score (nSPS) is 26.7. The number of hydrogen-bond acceptors (Lipinski definition) is 2. The Hall–Kier alpha value is -1.15. The van der Waals surface area contributed by atoms with Crippen LogP contribution in [-0.2, 0) is 10.4 Å². The van der Waals surface area contributed by atoms with Gasteiger partial charge in [-0.3, -0.25) is 4.79 Å². The highest BCUT2D eigenvalue weighted by Crippen LogP contribution is 2.59. The van der Waals surface area contributed by atoms with E-state index in [0.29, 0.717) is 0 Å². The summed E-state index contributed by atoms with van der Waals surface area (Å²) in [6, 6.07) is 7.87. The summed E-state index contributed by atoms with van der Waals surface area (Å²) in [6.07, 6.45) is 0. The number of fused-ring (bicyclic) bond motifs is 1. The summed E-state index contributed by atoms with van der Waals surface area (Å²) in [4.78, 5) is 12.4. The molecule has 98 valence electrons. The first-order valence-electron chi connectivity index (χ1n) is 6.60. The van der Waals surface area contributed by atoms with E-state index in [0.717, 1.165) is 11.1 Å². The molecule has 0 saturated carbocycles. The Balaban J connectivity index is 2.49. The van der Waals surface area contributed by atoms with Crippen molar-refractivity contribution in [1.82, 2.24) is 0 Å². The molecular formula is C16H22O2. The van der Waals surface area contributed by atoms with E-state index < -0.39 is 11.0 Å². The SMILES string of the molecule is CC(C)C(=O)C(C)(C)C1(O)c2ccccc2C1C. The molecule has 0 aromatic heterocycles. The van der Waals surface area contributed by atoms with Crippen molar-refractivity contribution in [3.8, 4) is 0 Å². The second-order valence-electron chi connectivity index (χ2n) is 6.22. The van der Waals surface area contributed by atoms with E-state index in [4.69, 9.17) is 0 Å². The van der Waals surface area contributed by atoms with E-state index in [2.05, 4.69) is 0 Å². The predicted octanol–water partition coefficient (Wildman–Crippen LogP) is 3.24. The molecule has 0 amide bonds. The van der Waals surface area contributed by atoms with Crippen LogP contribution in [0.15, 0.2) is 24.3 Å². The second kappa shape index (κ2) is 3.92. The van der Waals surface area contributed by atoms with Crippen molar-refractivity contribution in [3.05, 3.63) is 35.4 Å². The van der Waals surface area contributed by atoms with Crippen LogP contribution >= 0.6 is 0 Å². The van der Waals surface area contributed by atoms with Crippen LogP contribution in [0.4, 0.5) is 0 Å². The molecule has 0 heterocycles. The summed E-state index contributed by atoms with van der Waals surface area (Å²) >= 11 is 0. The van der Waals surface area contributed by atoms with Gasteiger partial charge in [0.15, 0.2) is 0 Å². The average molecular weight is 246 g/mol. The maximum absolute atomic E-state index is 12.4. The Bertz CT molecular complexity index is 488. The molecule has 1 N–H and O–H groups in total. The fourth-order valence-corrected chi connectivity index (χ4v) is 3.39. The predicted molar refractivity (Wildman–Crippen MR) is 72.4 cm³/mol. The standard InChI is InChI=1S/C16H22O2/c1-10(2)14(17)15(4,5)16(18)11(3)12-8-6-7-9-13(12)16/h6-11,18H,1-5H3. The van der Waals surface area contributed by atoms with Crippen molar-refractivity contribution in [2.45, 2.75) is 46.1 Å². The Kier molecular flexibility index (Phi) is 2.90. The van der Waals surface area contributed by atoms with Crippen LogP contribution in [0.3, 0.4) is 0 Å². The first-order valence-corrected chi connectivity index (χ1v) is 6.60. The van der Waals surface area contributed by atoms with Gasteiger partial charge in [-0.05, 0) is 25.0 Å². The van der Waals surface area contributed by atoms with Crippen LogP contribution in [0.25, 0.3) is 0 Å². The summed E-state index contributed by atoms with van der Waals surface area (Å²) < 4.78 is 0. The van der Waals surface area contributed by atoms with Crippen molar-refractivity contribution in [2.75, 3.05) is 0 Å². The monoisotopic (exact) mass is 246 g/mol. The zero-order valence-electron chi connectivity index (χ0n) is 11.8. The minimum Gasteiger partial charge on any atom is -0.383 e. The molecule has 0 radical (unpaired) electrons. The van der Waals surface area contributed by atoms with Gasteiger partial charge in [0.25, 0.3) is 0 Å². The molecule has 0 fully saturated rings. The lowest BCUT2D eigenvalue weighted by Crippen LogP contribution is -2.57. The minimum atomic E-state index is -1.04. The van der Waals surface area contributed by atoms with Gasteiger partial charge in [-0.25, -0.2) is 0 Å². The molecule has 0 bridgehead atoms. The lowest BCUT2D eigenvalue weighted by atomic mass is 9.52. The van der Waals surface area contributed by atoms with Gasteiger partial charge in [0, 0.05) is 11.8 Å². The molecular weight excluding hydrogens is 224 g/mol. The highest BCUT2D eigenvalue weighted by molar-refractivity contribution is 5.88. The quantitative estimate of drug-likeness (QED) is 0.889. The van der Waals surface area contributed by atoms with Gasteiger partial charge in [0.1, 0.15) is 11.4 Å². The third-order valence-corrected chi connectivity index (χ3v) is 4.56.